The zero-order valence-electron chi connectivity index (χ0n) is 24.8. The molecule has 7 heteroatoms. The fourth-order valence-electron chi connectivity index (χ4n) is 5.83. The molecule has 0 radical (unpaired) electrons. The summed E-state index contributed by atoms with van der Waals surface area (Å²) in [5, 5.41) is 1.62. The van der Waals surface area contributed by atoms with E-state index in [-0.39, 0.29) is 17.8 Å². The molecule has 7 nitrogen and oxygen atoms in total. The molecule has 0 aliphatic carbocycles. The number of hydrazine groups is 1. The molecule has 2 unspecified atom stereocenters. The van der Waals surface area contributed by atoms with E-state index in [2.05, 4.69) is 25.1 Å². The summed E-state index contributed by atoms with van der Waals surface area (Å²) in [5.74, 6) is 5.18. The predicted molar refractivity (Wildman–Crippen MR) is 161 cm³/mol. The molecule has 4 N–H and O–H groups in total. The van der Waals surface area contributed by atoms with Gasteiger partial charge in [-0.1, -0.05) is 31.2 Å². The van der Waals surface area contributed by atoms with E-state index in [4.69, 9.17) is 16.3 Å². The van der Waals surface area contributed by atoms with Crippen LogP contribution < -0.4 is 16.6 Å². The highest BCUT2D eigenvalue weighted by molar-refractivity contribution is 5.95. The van der Waals surface area contributed by atoms with E-state index in [1.54, 1.807) is 5.01 Å². The third-order valence-corrected chi connectivity index (χ3v) is 8.65. The van der Waals surface area contributed by atoms with E-state index in [1.807, 2.05) is 63.8 Å². The molecular formula is C33H42N4O3. The van der Waals surface area contributed by atoms with Crippen molar-refractivity contribution in [2.75, 3.05) is 30.9 Å². The summed E-state index contributed by atoms with van der Waals surface area (Å²) in [4.78, 5) is 28.3. The molecule has 3 aromatic carbocycles. The van der Waals surface area contributed by atoms with Crippen LogP contribution in [0.5, 0.6) is 0 Å². The van der Waals surface area contributed by atoms with Crippen LogP contribution in [0.4, 0.5) is 11.4 Å². The standard InChI is InChI=1S/C33H42N4O3/c1-8-37(35)29-12-11-28(22(5)31(29)34)30(23(6)33(39)40-7)25-10-9-24-13-14-36(18-27(24)17-25)32(38)26-15-19(2)21(4)20(3)16-26/h9-12,15-17,23,30H,8,13-14,18,34-35H2,1-7H3. The molecule has 40 heavy (non-hydrogen) atoms. The Morgan fingerprint density at radius 1 is 1.00 bits per heavy atom. The van der Waals surface area contributed by atoms with Crippen LogP contribution in [-0.4, -0.2) is 37.0 Å². The number of hydrogen-bond acceptors (Lipinski definition) is 6. The van der Waals surface area contributed by atoms with Gasteiger partial charge in [-0.15, -0.1) is 0 Å². The lowest BCUT2D eigenvalue weighted by Crippen LogP contribution is -2.36. The van der Waals surface area contributed by atoms with Gasteiger partial charge in [0.05, 0.1) is 24.4 Å². The van der Waals surface area contributed by atoms with E-state index in [0.717, 1.165) is 51.1 Å². The number of nitrogen functional groups attached to an aromatic ring is 1. The molecular weight excluding hydrogens is 500 g/mol. The molecule has 0 saturated carbocycles. The number of carbonyl (C=O) groups is 2. The third kappa shape index (κ3) is 5.43. The molecule has 1 aliphatic rings. The molecule has 1 amide bonds. The van der Waals surface area contributed by atoms with Gasteiger partial charge < -0.3 is 20.4 Å². The van der Waals surface area contributed by atoms with Crippen molar-refractivity contribution in [1.29, 1.82) is 0 Å². The topological polar surface area (TPSA) is 102 Å². The number of carbonyl (C=O) groups excluding carboxylic acids is 2. The number of ether oxygens (including phenoxy) is 1. The molecule has 1 heterocycles. The summed E-state index contributed by atoms with van der Waals surface area (Å²) in [6.07, 6.45) is 0.784. The number of hydrogen-bond donors (Lipinski definition) is 2. The number of anilines is 2. The Morgan fingerprint density at radius 2 is 1.68 bits per heavy atom. The molecule has 1 aliphatic heterocycles. The minimum absolute atomic E-state index is 0.0446. The lowest BCUT2D eigenvalue weighted by molar-refractivity contribution is -0.145. The van der Waals surface area contributed by atoms with E-state index in [1.165, 1.54) is 18.2 Å². The third-order valence-electron chi connectivity index (χ3n) is 8.65. The molecule has 0 aromatic heterocycles. The van der Waals surface area contributed by atoms with Gasteiger partial charge in [0.25, 0.3) is 5.91 Å². The van der Waals surface area contributed by atoms with Gasteiger partial charge in [0.15, 0.2) is 0 Å². The second kappa shape index (κ2) is 11.7. The molecule has 4 rings (SSSR count). The Kier molecular flexibility index (Phi) is 8.54. The summed E-state index contributed by atoms with van der Waals surface area (Å²) in [6, 6.07) is 14.3. The monoisotopic (exact) mass is 542 g/mol. The first-order valence-corrected chi connectivity index (χ1v) is 14.0. The van der Waals surface area contributed by atoms with Crippen LogP contribution in [0.25, 0.3) is 0 Å². The summed E-state index contributed by atoms with van der Waals surface area (Å²) in [7, 11) is 1.42. The largest absolute Gasteiger partial charge is 0.469 e. The average molecular weight is 543 g/mol. The van der Waals surface area contributed by atoms with Crippen molar-refractivity contribution >= 4 is 23.3 Å². The number of methoxy groups -OCH3 is 1. The average Bonchev–Trinajstić information content (AvgIpc) is 2.96. The van der Waals surface area contributed by atoms with Crippen LogP contribution in [0.3, 0.4) is 0 Å². The second-order valence-electron chi connectivity index (χ2n) is 11.0. The van der Waals surface area contributed by atoms with Crippen molar-refractivity contribution < 1.29 is 14.3 Å². The van der Waals surface area contributed by atoms with Crippen molar-refractivity contribution in [1.82, 2.24) is 4.90 Å². The first-order valence-electron chi connectivity index (χ1n) is 14.0. The minimum Gasteiger partial charge on any atom is -0.469 e. The molecule has 0 spiro atoms. The molecule has 0 fully saturated rings. The normalized spacial score (nSPS) is 14.3. The van der Waals surface area contributed by atoms with E-state index >= 15 is 0 Å². The van der Waals surface area contributed by atoms with Gasteiger partial charge in [0, 0.05) is 31.1 Å². The zero-order chi connectivity index (χ0) is 29.3. The maximum Gasteiger partial charge on any atom is 0.309 e. The van der Waals surface area contributed by atoms with Crippen LogP contribution >= 0.6 is 0 Å². The first-order chi connectivity index (χ1) is 19.0. The Balaban J connectivity index is 1.73. The number of benzene rings is 3. The Bertz CT molecular complexity index is 1420. The van der Waals surface area contributed by atoms with Crippen LogP contribution in [-0.2, 0) is 22.5 Å². The Morgan fingerprint density at radius 3 is 2.30 bits per heavy atom. The van der Waals surface area contributed by atoms with E-state index in [0.29, 0.717) is 25.3 Å². The van der Waals surface area contributed by atoms with Crippen molar-refractivity contribution in [2.24, 2.45) is 11.8 Å². The Labute approximate surface area is 238 Å². The minimum atomic E-state index is -0.452. The SMILES string of the molecule is CCN(N)c1ccc(C(c2ccc3c(c2)CN(C(=O)c2cc(C)c(C)c(C)c2)CC3)C(C)C(=O)OC)c(C)c1N. The lowest BCUT2D eigenvalue weighted by Gasteiger charge is -2.32. The number of nitrogens with zero attached hydrogens (tertiary/aromatic N) is 2. The van der Waals surface area contributed by atoms with Crippen LogP contribution in [0, 0.1) is 33.6 Å². The van der Waals surface area contributed by atoms with Gasteiger partial charge >= 0.3 is 5.97 Å². The van der Waals surface area contributed by atoms with Crippen molar-refractivity contribution in [3.05, 3.63) is 92.5 Å². The molecule has 0 bridgehead atoms. The zero-order valence-corrected chi connectivity index (χ0v) is 24.8. The molecule has 2 atom stereocenters. The highest BCUT2D eigenvalue weighted by Crippen LogP contribution is 2.40. The van der Waals surface area contributed by atoms with Gasteiger partial charge in [0.1, 0.15) is 0 Å². The maximum atomic E-state index is 13.5. The molecule has 3 aromatic rings. The number of rotatable bonds is 7. The lowest BCUT2D eigenvalue weighted by atomic mass is 9.78. The summed E-state index contributed by atoms with van der Waals surface area (Å²) >= 11 is 0. The number of nitrogens with two attached hydrogens (primary N) is 2. The van der Waals surface area contributed by atoms with Crippen LogP contribution in [0.15, 0.2) is 42.5 Å². The number of amides is 1. The van der Waals surface area contributed by atoms with Gasteiger partial charge in [-0.25, -0.2) is 5.84 Å². The summed E-state index contributed by atoms with van der Waals surface area (Å²) in [5.41, 5.74) is 17.3. The first kappa shape index (κ1) is 29.2. The van der Waals surface area contributed by atoms with Gasteiger partial charge in [-0.3, -0.25) is 9.59 Å². The highest BCUT2D eigenvalue weighted by Gasteiger charge is 2.31. The highest BCUT2D eigenvalue weighted by atomic mass is 16.5. The fraction of sp³-hybridized carbons (Fsp3) is 0.394. The molecule has 0 saturated heterocycles. The van der Waals surface area contributed by atoms with Gasteiger partial charge in [-0.05, 0) is 104 Å². The number of esters is 1. The predicted octanol–water partition coefficient (Wildman–Crippen LogP) is 5.34. The Hall–Kier alpha value is -3.84. The van der Waals surface area contributed by atoms with Gasteiger partial charge in [-0.2, -0.15) is 0 Å². The summed E-state index contributed by atoms with van der Waals surface area (Å²) in [6.45, 7) is 13.8. The van der Waals surface area contributed by atoms with Crippen molar-refractivity contribution in [3.63, 3.8) is 0 Å². The van der Waals surface area contributed by atoms with E-state index in [9.17, 15) is 9.59 Å². The maximum absolute atomic E-state index is 13.5. The van der Waals surface area contributed by atoms with Crippen LogP contribution in [0.1, 0.15) is 74.6 Å². The smallest absolute Gasteiger partial charge is 0.309 e. The molecule has 212 valence electrons. The number of aryl methyl sites for hydroxylation is 2. The van der Waals surface area contributed by atoms with Crippen molar-refractivity contribution in [2.45, 2.75) is 60.4 Å². The van der Waals surface area contributed by atoms with E-state index < -0.39 is 5.92 Å². The fourth-order valence-corrected chi connectivity index (χ4v) is 5.83. The van der Waals surface area contributed by atoms with Crippen LogP contribution in [0.2, 0.25) is 0 Å². The quantitative estimate of drug-likeness (QED) is 0.181. The number of fused-ring (bicyclic) bond motifs is 1. The van der Waals surface area contributed by atoms with Gasteiger partial charge in [0.2, 0.25) is 0 Å². The summed E-state index contributed by atoms with van der Waals surface area (Å²) < 4.78 is 5.17. The second-order valence-corrected chi connectivity index (χ2v) is 11.0. The van der Waals surface area contributed by atoms with Crippen molar-refractivity contribution in [3.8, 4) is 0 Å².